The van der Waals surface area contributed by atoms with Crippen molar-refractivity contribution in [2.24, 2.45) is 5.41 Å². The summed E-state index contributed by atoms with van der Waals surface area (Å²) < 4.78 is 0. The molecule has 1 aliphatic carbocycles. The smallest absolute Gasteiger partial charge is 0.239 e. The molecule has 1 saturated heterocycles. The number of likely N-dealkylation sites (tertiary alicyclic amines) is 1. The van der Waals surface area contributed by atoms with Gasteiger partial charge in [-0.3, -0.25) is 4.79 Å². The second kappa shape index (κ2) is 5.60. The van der Waals surface area contributed by atoms with Gasteiger partial charge in [-0.25, -0.2) is 0 Å². The van der Waals surface area contributed by atoms with Gasteiger partial charge in [0.05, 0.1) is 6.04 Å². The van der Waals surface area contributed by atoms with Crippen LogP contribution in [0.25, 0.3) is 0 Å². The highest BCUT2D eigenvalue weighted by atomic mass is 16.2. The third-order valence-electron chi connectivity index (χ3n) is 4.76. The molecule has 2 aliphatic rings. The van der Waals surface area contributed by atoms with Crippen molar-refractivity contribution in [1.29, 1.82) is 0 Å². The van der Waals surface area contributed by atoms with Crippen molar-refractivity contribution >= 4 is 5.91 Å². The summed E-state index contributed by atoms with van der Waals surface area (Å²) in [5, 5.41) is 3.41. The topological polar surface area (TPSA) is 32.3 Å². The predicted octanol–water partition coefficient (Wildman–Crippen LogP) is 2.56. The largest absolute Gasteiger partial charge is 0.341 e. The van der Waals surface area contributed by atoms with Crippen LogP contribution >= 0.6 is 0 Å². The Kier molecular flexibility index (Phi) is 4.31. The summed E-state index contributed by atoms with van der Waals surface area (Å²) in [5.41, 5.74) is 0.454. The van der Waals surface area contributed by atoms with E-state index >= 15 is 0 Å². The molecule has 3 heteroatoms. The SMILES string of the molecule is CCC1(CN2CCCC(NC(C)C)C2=O)CCC1. The van der Waals surface area contributed by atoms with E-state index in [0.29, 0.717) is 17.4 Å². The molecule has 1 saturated carbocycles. The first-order valence-electron chi connectivity index (χ1n) is 7.61. The van der Waals surface area contributed by atoms with Gasteiger partial charge in [-0.1, -0.05) is 27.2 Å². The van der Waals surface area contributed by atoms with E-state index < -0.39 is 0 Å². The highest BCUT2D eigenvalue weighted by molar-refractivity contribution is 5.82. The molecule has 0 spiro atoms. The highest BCUT2D eigenvalue weighted by Crippen LogP contribution is 2.44. The van der Waals surface area contributed by atoms with E-state index in [0.717, 1.165) is 25.9 Å². The average Bonchev–Trinajstić information content (AvgIpc) is 2.27. The van der Waals surface area contributed by atoms with E-state index in [1.165, 1.54) is 25.7 Å². The Bertz CT molecular complexity index is 291. The summed E-state index contributed by atoms with van der Waals surface area (Å²) in [5.74, 6) is 0.342. The fourth-order valence-electron chi connectivity index (χ4n) is 3.36. The summed E-state index contributed by atoms with van der Waals surface area (Å²) in [6.07, 6.45) is 7.36. The molecular weight excluding hydrogens is 224 g/mol. The van der Waals surface area contributed by atoms with Crippen molar-refractivity contribution in [3.8, 4) is 0 Å². The van der Waals surface area contributed by atoms with Crippen molar-refractivity contribution in [3.63, 3.8) is 0 Å². The van der Waals surface area contributed by atoms with Crippen LogP contribution in [0, 0.1) is 5.41 Å². The predicted molar refractivity (Wildman–Crippen MR) is 74.4 cm³/mol. The van der Waals surface area contributed by atoms with Gasteiger partial charge < -0.3 is 10.2 Å². The van der Waals surface area contributed by atoms with Gasteiger partial charge in [0.15, 0.2) is 0 Å². The normalized spacial score (nSPS) is 27.4. The number of amides is 1. The van der Waals surface area contributed by atoms with E-state index in [1.54, 1.807) is 0 Å². The Balaban J connectivity index is 1.94. The molecule has 104 valence electrons. The van der Waals surface area contributed by atoms with Gasteiger partial charge in [0.1, 0.15) is 0 Å². The van der Waals surface area contributed by atoms with E-state index in [9.17, 15) is 4.79 Å². The van der Waals surface area contributed by atoms with Crippen molar-refractivity contribution in [2.45, 2.75) is 71.4 Å². The quantitative estimate of drug-likeness (QED) is 0.815. The van der Waals surface area contributed by atoms with E-state index in [1.807, 2.05) is 0 Å². The van der Waals surface area contributed by atoms with Gasteiger partial charge in [-0.15, -0.1) is 0 Å². The number of hydrogen-bond acceptors (Lipinski definition) is 2. The maximum Gasteiger partial charge on any atom is 0.239 e. The molecule has 1 atom stereocenters. The Morgan fingerprint density at radius 1 is 1.39 bits per heavy atom. The molecule has 0 radical (unpaired) electrons. The molecule has 1 unspecified atom stereocenters. The Hall–Kier alpha value is -0.570. The van der Waals surface area contributed by atoms with Crippen molar-refractivity contribution in [3.05, 3.63) is 0 Å². The standard InChI is InChI=1S/C15H28N2O/c1-4-15(8-6-9-15)11-17-10-5-7-13(14(17)18)16-12(2)3/h12-13,16H,4-11H2,1-3H3. The Labute approximate surface area is 111 Å². The first-order valence-corrected chi connectivity index (χ1v) is 7.61. The average molecular weight is 252 g/mol. The van der Waals surface area contributed by atoms with Crippen LogP contribution in [0.4, 0.5) is 0 Å². The molecule has 1 heterocycles. The highest BCUT2D eigenvalue weighted by Gasteiger charge is 2.39. The summed E-state index contributed by atoms with van der Waals surface area (Å²) in [6.45, 7) is 8.48. The van der Waals surface area contributed by atoms with Gasteiger partial charge >= 0.3 is 0 Å². The number of piperidine rings is 1. The molecule has 0 bridgehead atoms. The van der Waals surface area contributed by atoms with Crippen LogP contribution in [-0.4, -0.2) is 36.0 Å². The summed E-state index contributed by atoms with van der Waals surface area (Å²) in [7, 11) is 0. The van der Waals surface area contributed by atoms with E-state index in [4.69, 9.17) is 0 Å². The van der Waals surface area contributed by atoms with Crippen LogP contribution in [-0.2, 0) is 4.79 Å². The number of carbonyl (C=O) groups excluding carboxylic acids is 1. The Morgan fingerprint density at radius 3 is 2.61 bits per heavy atom. The first kappa shape index (κ1) is 13.9. The lowest BCUT2D eigenvalue weighted by molar-refractivity contribution is -0.139. The number of rotatable bonds is 5. The second-order valence-corrected chi connectivity index (χ2v) is 6.48. The van der Waals surface area contributed by atoms with Crippen LogP contribution in [0.15, 0.2) is 0 Å². The van der Waals surface area contributed by atoms with Crippen LogP contribution in [0.3, 0.4) is 0 Å². The summed E-state index contributed by atoms with van der Waals surface area (Å²) in [6, 6.07) is 0.454. The summed E-state index contributed by atoms with van der Waals surface area (Å²) >= 11 is 0. The molecule has 2 rings (SSSR count). The van der Waals surface area contributed by atoms with Gasteiger partial charge in [0.25, 0.3) is 0 Å². The monoisotopic (exact) mass is 252 g/mol. The van der Waals surface area contributed by atoms with Crippen LogP contribution in [0.2, 0.25) is 0 Å². The minimum Gasteiger partial charge on any atom is -0.341 e. The molecule has 2 fully saturated rings. The number of hydrogen-bond donors (Lipinski definition) is 1. The van der Waals surface area contributed by atoms with E-state index in [-0.39, 0.29) is 6.04 Å². The zero-order chi connectivity index (χ0) is 13.2. The molecule has 1 aliphatic heterocycles. The fraction of sp³-hybridized carbons (Fsp3) is 0.933. The van der Waals surface area contributed by atoms with Crippen LogP contribution in [0.1, 0.15) is 59.3 Å². The lowest BCUT2D eigenvalue weighted by Gasteiger charge is -2.46. The Morgan fingerprint density at radius 2 is 2.11 bits per heavy atom. The van der Waals surface area contributed by atoms with Crippen molar-refractivity contribution in [2.75, 3.05) is 13.1 Å². The maximum atomic E-state index is 12.5. The zero-order valence-corrected chi connectivity index (χ0v) is 12.2. The van der Waals surface area contributed by atoms with Gasteiger partial charge in [-0.2, -0.15) is 0 Å². The van der Waals surface area contributed by atoms with Crippen molar-refractivity contribution in [1.82, 2.24) is 10.2 Å². The first-order chi connectivity index (χ1) is 8.56. The molecule has 0 aromatic carbocycles. The zero-order valence-electron chi connectivity index (χ0n) is 12.2. The van der Waals surface area contributed by atoms with Crippen LogP contribution < -0.4 is 5.32 Å². The lowest BCUT2D eigenvalue weighted by atomic mass is 9.66. The third-order valence-corrected chi connectivity index (χ3v) is 4.76. The molecular formula is C15H28N2O. The van der Waals surface area contributed by atoms with Crippen molar-refractivity contribution < 1.29 is 4.79 Å². The number of carbonyl (C=O) groups is 1. The maximum absolute atomic E-state index is 12.5. The minimum absolute atomic E-state index is 0.0627. The van der Waals surface area contributed by atoms with Gasteiger partial charge in [0.2, 0.25) is 5.91 Å². The van der Waals surface area contributed by atoms with Gasteiger partial charge in [0, 0.05) is 19.1 Å². The molecule has 18 heavy (non-hydrogen) atoms. The molecule has 0 aromatic heterocycles. The second-order valence-electron chi connectivity index (χ2n) is 6.48. The lowest BCUT2D eigenvalue weighted by Crippen LogP contribution is -2.55. The van der Waals surface area contributed by atoms with Gasteiger partial charge in [-0.05, 0) is 37.5 Å². The molecule has 0 aromatic rings. The number of nitrogens with zero attached hydrogens (tertiary/aromatic N) is 1. The molecule has 1 N–H and O–H groups in total. The third kappa shape index (κ3) is 2.87. The van der Waals surface area contributed by atoms with E-state index in [2.05, 4.69) is 31.0 Å². The summed E-state index contributed by atoms with van der Waals surface area (Å²) in [4.78, 5) is 14.6. The van der Waals surface area contributed by atoms with Crippen LogP contribution in [0.5, 0.6) is 0 Å². The minimum atomic E-state index is 0.0627. The molecule has 1 amide bonds. The number of nitrogens with one attached hydrogen (secondary N) is 1. The molecule has 3 nitrogen and oxygen atoms in total. The fourth-order valence-corrected chi connectivity index (χ4v) is 3.36.